The molecule has 0 aliphatic heterocycles. The van der Waals surface area contributed by atoms with Crippen molar-refractivity contribution in [1.29, 1.82) is 0 Å². The summed E-state index contributed by atoms with van der Waals surface area (Å²) in [4.78, 5) is 22.3. The highest BCUT2D eigenvalue weighted by Gasteiger charge is 2.20. The average Bonchev–Trinajstić information content (AvgIpc) is 2.39. The fraction of sp³-hybridized carbons (Fsp3) is 0.385. The van der Waals surface area contributed by atoms with Crippen LogP contribution < -0.4 is 10.1 Å². The number of benzene rings is 1. The molecule has 0 spiro atoms. The normalized spacial score (nSPS) is 11.7. The highest BCUT2D eigenvalue weighted by atomic mass is 16.5. The second kappa shape index (κ2) is 6.75. The maximum absolute atomic E-state index is 11.6. The second-order valence-electron chi connectivity index (χ2n) is 3.96. The molecule has 0 bridgehead atoms. The molecule has 0 heterocycles. The van der Waals surface area contributed by atoms with Gasteiger partial charge in [0.1, 0.15) is 11.7 Å². The number of aliphatic hydroxyl groups is 1. The number of ether oxygens (including phenoxy) is 1. The summed E-state index contributed by atoms with van der Waals surface area (Å²) in [5, 5.41) is 20.4. The Labute approximate surface area is 111 Å². The number of aliphatic carboxylic acids is 1. The smallest absolute Gasteiger partial charge is 0.315 e. The molecule has 0 saturated heterocycles. The number of hydrogen-bond acceptors (Lipinski definition) is 4. The summed E-state index contributed by atoms with van der Waals surface area (Å²) < 4.78 is 5.31. The van der Waals surface area contributed by atoms with E-state index in [1.54, 1.807) is 18.2 Å². The standard InChI is InChI=1S/C13H17NO5/c1-3-19-11-5-4-10(6-9(11)7-15)14-12(16)8(2)13(17)18/h4-6,8,15H,3,7H2,1-2H3,(H,14,16)(H,17,18). The van der Waals surface area contributed by atoms with Gasteiger partial charge in [-0.05, 0) is 32.0 Å². The van der Waals surface area contributed by atoms with Gasteiger partial charge in [0, 0.05) is 11.3 Å². The number of anilines is 1. The zero-order valence-electron chi connectivity index (χ0n) is 10.8. The summed E-state index contributed by atoms with van der Waals surface area (Å²) in [5.74, 6) is -2.40. The molecule has 0 aromatic heterocycles. The Morgan fingerprint density at radius 2 is 2.11 bits per heavy atom. The minimum Gasteiger partial charge on any atom is -0.494 e. The lowest BCUT2D eigenvalue weighted by atomic mass is 10.1. The molecule has 0 saturated carbocycles. The van der Waals surface area contributed by atoms with Gasteiger partial charge in [0.15, 0.2) is 0 Å². The van der Waals surface area contributed by atoms with Gasteiger partial charge in [-0.3, -0.25) is 9.59 Å². The molecule has 1 aromatic rings. The van der Waals surface area contributed by atoms with Crippen molar-refractivity contribution >= 4 is 17.6 Å². The van der Waals surface area contributed by atoms with Crippen LogP contribution in [0.5, 0.6) is 5.75 Å². The number of carbonyl (C=O) groups is 2. The highest BCUT2D eigenvalue weighted by Crippen LogP contribution is 2.23. The third kappa shape index (κ3) is 3.96. The molecule has 1 aromatic carbocycles. The second-order valence-corrected chi connectivity index (χ2v) is 3.96. The number of aliphatic hydroxyl groups excluding tert-OH is 1. The van der Waals surface area contributed by atoms with Crippen molar-refractivity contribution < 1.29 is 24.5 Å². The molecule has 1 unspecified atom stereocenters. The van der Waals surface area contributed by atoms with Crippen molar-refractivity contribution in [2.24, 2.45) is 5.92 Å². The van der Waals surface area contributed by atoms with Crippen molar-refractivity contribution in [2.45, 2.75) is 20.5 Å². The molecule has 3 N–H and O–H groups in total. The Morgan fingerprint density at radius 1 is 1.42 bits per heavy atom. The van der Waals surface area contributed by atoms with E-state index < -0.39 is 17.8 Å². The van der Waals surface area contributed by atoms with E-state index in [9.17, 15) is 14.7 Å². The molecule has 1 atom stereocenters. The van der Waals surface area contributed by atoms with E-state index in [4.69, 9.17) is 9.84 Å². The Balaban J connectivity index is 2.85. The predicted octanol–water partition coefficient (Wildman–Crippen LogP) is 1.24. The van der Waals surface area contributed by atoms with E-state index in [1.165, 1.54) is 6.92 Å². The maximum atomic E-state index is 11.6. The van der Waals surface area contributed by atoms with Gasteiger partial charge >= 0.3 is 5.97 Å². The van der Waals surface area contributed by atoms with Crippen molar-refractivity contribution in [2.75, 3.05) is 11.9 Å². The summed E-state index contributed by atoms with van der Waals surface area (Å²) in [6.07, 6.45) is 0. The summed E-state index contributed by atoms with van der Waals surface area (Å²) in [6.45, 7) is 3.37. The van der Waals surface area contributed by atoms with Crippen LogP contribution in [0.25, 0.3) is 0 Å². The van der Waals surface area contributed by atoms with Crippen LogP contribution in [0.4, 0.5) is 5.69 Å². The third-order valence-corrected chi connectivity index (χ3v) is 2.56. The van der Waals surface area contributed by atoms with Gasteiger partial charge in [-0.25, -0.2) is 0 Å². The van der Waals surface area contributed by atoms with Crippen molar-refractivity contribution in [3.05, 3.63) is 23.8 Å². The molecule has 1 rings (SSSR count). The fourth-order valence-electron chi connectivity index (χ4n) is 1.44. The van der Waals surface area contributed by atoms with E-state index in [0.29, 0.717) is 23.6 Å². The number of amides is 1. The third-order valence-electron chi connectivity index (χ3n) is 2.56. The minimum absolute atomic E-state index is 0.229. The monoisotopic (exact) mass is 267 g/mol. The Hall–Kier alpha value is -2.08. The van der Waals surface area contributed by atoms with Crippen LogP contribution in [0.2, 0.25) is 0 Å². The SMILES string of the molecule is CCOc1ccc(NC(=O)C(C)C(=O)O)cc1CO. The lowest BCUT2D eigenvalue weighted by molar-refractivity contribution is -0.144. The molecule has 1 amide bonds. The molecular formula is C13H17NO5. The minimum atomic E-state index is -1.19. The molecule has 6 nitrogen and oxygen atoms in total. The average molecular weight is 267 g/mol. The first-order chi connectivity index (χ1) is 8.99. The zero-order valence-corrected chi connectivity index (χ0v) is 10.8. The van der Waals surface area contributed by atoms with Gasteiger partial charge in [0.25, 0.3) is 0 Å². The molecule has 19 heavy (non-hydrogen) atoms. The Morgan fingerprint density at radius 3 is 2.63 bits per heavy atom. The summed E-state index contributed by atoms with van der Waals surface area (Å²) in [7, 11) is 0. The number of carboxylic acid groups (broad SMARTS) is 1. The van der Waals surface area contributed by atoms with E-state index in [1.807, 2.05) is 6.92 Å². The lowest BCUT2D eigenvalue weighted by Crippen LogP contribution is -2.26. The number of nitrogens with one attached hydrogen (secondary N) is 1. The topological polar surface area (TPSA) is 95.9 Å². The van der Waals surface area contributed by atoms with E-state index >= 15 is 0 Å². The Bertz CT molecular complexity index is 472. The van der Waals surface area contributed by atoms with E-state index in [2.05, 4.69) is 5.32 Å². The number of carboxylic acids is 1. The van der Waals surface area contributed by atoms with Crippen LogP contribution in [-0.4, -0.2) is 28.7 Å². The van der Waals surface area contributed by atoms with E-state index in [0.717, 1.165) is 0 Å². The zero-order chi connectivity index (χ0) is 14.4. The first-order valence-corrected chi connectivity index (χ1v) is 5.89. The summed E-state index contributed by atoms with van der Waals surface area (Å²) >= 11 is 0. The van der Waals surface area contributed by atoms with Crippen molar-refractivity contribution in [3.8, 4) is 5.75 Å². The molecule has 0 aliphatic carbocycles. The number of rotatable bonds is 6. The van der Waals surface area contributed by atoms with Crippen LogP contribution in [0, 0.1) is 5.92 Å². The molecule has 0 radical (unpaired) electrons. The van der Waals surface area contributed by atoms with Gasteiger partial charge in [-0.2, -0.15) is 0 Å². The molecule has 0 aliphatic rings. The fourth-order valence-corrected chi connectivity index (χ4v) is 1.44. The van der Waals surface area contributed by atoms with Gasteiger partial charge < -0.3 is 20.3 Å². The first-order valence-electron chi connectivity index (χ1n) is 5.89. The van der Waals surface area contributed by atoms with Crippen LogP contribution >= 0.6 is 0 Å². The van der Waals surface area contributed by atoms with Gasteiger partial charge in [0.2, 0.25) is 5.91 Å². The molecule has 6 heteroatoms. The van der Waals surface area contributed by atoms with Gasteiger partial charge in [0.05, 0.1) is 13.2 Å². The van der Waals surface area contributed by atoms with Gasteiger partial charge in [-0.1, -0.05) is 0 Å². The van der Waals surface area contributed by atoms with Gasteiger partial charge in [-0.15, -0.1) is 0 Å². The lowest BCUT2D eigenvalue weighted by Gasteiger charge is -2.12. The van der Waals surface area contributed by atoms with Crippen molar-refractivity contribution in [3.63, 3.8) is 0 Å². The van der Waals surface area contributed by atoms with E-state index in [-0.39, 0.29) is 6.61 Å². The highest BCUT2D eigenvalue weighted by molar-refractivity contribution is 6.03. The van der Waals surface area contributed by atoms with Crippen LogP contribution in [0.3, 0.4) is 0 Å². The quantitative estimate of drug-likeness (QED) is 0.674. The summed E-state index contributed by atoms with van der Waals surface area (Å²) in [6, 6.07) is 4.77. The number of carbonyl (C=O) groups excluding carboxylic acids is 1. The summed E-state index contributed by atoms with van der Waals surface area (Å²) in [5.41, 5.74) is 0.952. The largest absolute Gasteiger partial charge is 0.494 e. The van der Waals surface area contributed by atoms with Crippen LogP contribution in [-0.2, 0) is 16.2 Å². The van der Waals surface area contributed by atoms with Crippen LogP contribution in [0.15, 0.2) is 18.2 Å². The number of hydrogen-bond donors (Lipinski definition) is 3. The van der Waals surface area contributed by atoms with Crippen LogP contribution in [0.1, 0.15) is 19.4 Å². The molecule has 104 valence electrons. The Kier molecular flexibility index (Phi) is 5.32. The predicted molar refractivity (Wildman–Crippen MR) is 69.0 cm³/mol. The molecular weight excluding hydrogens is 250 g/mol. The molecule has 0 fully saturated rings. The van der Waals surface area contributed by atoms with Crippen molar-refractivity contribution in [1.82, 2.24) is 0 Å². The first kappa shape index (κ1) is 15.0. The maximum Gasteiger partial charge on any atom is 0.315 e.